The van der Waals surface area contributed by atoms with Gasteiger partial charge in [0, 0.05) is 0 Å². The quantitative estimate of drug-likeness (QED) is 0.301. The Labute approximate surface area is 56.5 Å². The summed E-state index contributed by atoms with van der Waals surface area (Å²) in [7, 11) is -4.26. The Morgan fingerprint density at radius 2 is 2.10 bits per heavy atom. The number of hydrogen-bond donors (Lipinski definition) is 3. The lowest BCUT2D eigenvalue weighted by Gasteiger charge is -2.05. The molecule has 4 N–H and O–H groups in total. The number of rotatable bonds is 3. The molecule has 0 spiro atoms. The molecule has 58 valence electrons. The summed E-state index contributed by atoms with van der Waals surface area (Å²) >= 11 is 0. The molecule has 0 amide bonds. The molecule has 0 radical (unpaired) electrons. The molecule has 0 heterocycles. The monoisotopic (exact) mass is 167 g/mol. The van der Waals surface area contributed by atoms with Gasteiger partial charge >= 0.3 is 13.7 Å². The van der Waals surface area contributed by atoms with Gasteiger partial charge in [0.15, 0.2) is 0 Å². The molecule has 0 aromatic heterocycles. The van der Waals surface area contributed by atoms with E-state index in [4.69, 9.17) is 10.00 Å². The number of carboxylic acid groups (broad SMARTS) is 1. The van der Waals surface area contributed by atoms with E-state index in [-0.39, 0.29) is 0 Å². The van der Waals surface area contributed by atoms with Gasteiger partial charge in [-0.15, -0.1) is 0 Å². The Kier molecular flexibility index (Phi) is 2.59. The van der Waals surface area contributed by atoms with Crippen molar-refractivity contribution in [2.75, 3.05) is 0 Å². The molecule has 0 saturated carbocycles. The lowest BCUT2D eigenvalue weighted by atomic mass is 10.6. The summed E-state index contributed by atoms with van der Waals surface area (Å²) in [6, 6.07) is 0. The molecule has 10 heavy (non-hydrogen) atoms. The number of nitrogens with two attached hydrogens (primary N) is 1. The second kappa shape index (κ2) is 2.83. The van der Waals surface area contributed by atoms with E-state index in [2.05, 4.69) is 16.6 Å². The van der Waals surface area contributed by atoms with Crippen LogP contribution in [0.4, 0.5) is 0 Å². The molecular weight excluding hydrogens is 161 g/mol. The highest BCUT2D eigenvalue weighted by molar-refractivity contribution is 7.50. The van der Waals surface area contributed by atoms with Crippen LogP contribution in [0.25, 0.3) is 0 Å². The maximum atomic E-state index is 10.1. The normalized spacial score (nSPS) is 15.4. The predicted molar refractivity (Wildman–Crippen MR) is 31.9 cm³/mol. The highest BCUT2D eigenvalue weighted by atomic mass is 31.2. The van der Waals surface area contributed by atoms with E-state index in [0.717, 1.165) is 0 Å². The Hall–Kier alpha value is -0.840. The van der Waals surface area contributed by atoms with Gasteiger partial charge in [-0.25, -0.2) is 14.9 Å². The zero-order valence-corrected chi connectivity index (χ0v) is 5.75. The molecule has 0 aliphatic heterocycles. The van der Waals surface area contributed by atoms with Gasteiger partial charge in [0.05, 0.1) is 0 Å². The van der Waals surface area contributed by atoms with Crippen LogP contribution >= 0.6 is 7.75 Å². The Morgan fingerprint density at radius 1 is 1.70 bits per heavy atom. The third-order valence-electron chi connectivity index (χ3n) is 0.480. The summed E-state index contributed by atoms with van der Waals surface area (Å²) in [6.45, 7) is 2.81. The summed E-state index contributed by atoms with van der Waals surface area (Å²) in [6.07, 6.45) is 0. The molecule has 1 atom stereocenters. The van der Waals surface area contributed by atoms with Crippen LogP contribution in [0.3, 0.4) is 0 Å². The number of aliphatic carboxylic acids is 1. The van der Waals surface area contributed by atoms with Crippen molar-refractivity contribution in [2.45, 2.75) is 0 Å². The summed E-state index contributed by atoms with van der Waals surface area (Å²) in [5, 5.41) is 8.03. The summed E-state index contributed by atoms with van der Waals surface area (Å²) in [5.74, 6) is -2.38. The fourth-order valence-electron chi connectivity index (χ4n) is 0.197. The van der Waals surface area contributed by atoms with Crippen LogP contribution in [0.1, 0.15) is 0 Å². The van der Waals surface area contributed by atoms with Gasteiger partial charge in [0.1, 0.15) is 0 Å². The van der Waals surface area contributed by atoms with E-state index in [1.165, 1.54) is 0 Å². The van der Waals surface area contributed by atoms with Gasteiger partial charge in [-0.05, 0) is 6.58 Å². The molecule has 0 aliphatic carbocycles. The minimum atomic E-state index is -4.26. The SMILES string of the molecule is C=C(OP(N)(=O)O)C(=O)O. The van der Waals surface area contributed by atoms with E-state index in [9.17, 15) is 9.36 Å². The van der Waals surface area contributed by atoms with Crippen molar-refractivity contribution in [3.8, 4) is 0 Å². The van der Waals surface area contributed by atoms with E-state index >= 15 is 0 Å². The molecule has 0 aromatic rings. The summed E-state index contributed by atoms with van der Waals surface area (Å²) in [4.78, 5) is 18.1. The van der Waals surface area contributed by atoms with Crippen molar-refractivity contribution >= 4 is 13.7 Å². The molecule has 0 aromatic carbocycles. The van der Waals surface area contributed by atoms with Crippen LogP contribution in [0.2, 0.25) is 0 Å². The lowest BCUT2D eigenvalue weighted by molar-refractivity contribution is -0.135. The first-order valence-electron chi connectivity index (χ1n) is 2.06. The fraction of sp³-hybridized carbons (Fsp3) is 0. The summed E-state index contributed by atoms with van der Waals surface area (Å²) in [5.41, 5.74) is 4.44. The van der Waals surface area contributed by atoms with Crippen molar-refractivity contribution in [3.05, 3.63) is 12.3 Å². The maximum Gasteiger partial charge on any atom is 0.453 e. The van der Waals surface area contributed by atoms with Gasteiger partial charge in [-0.1, -0.05) is 0 Å². The van der Waals surface area contributed by atoms with E-state index < -0.39 is 19.5 Å². The molecule has 0 rings (SSSR count). The van der Waals surface area contributed by atoms with Gasteiger partial charge < -0.3 is 14.5 Å². The predicted octanol–water partition coefficient (Wildman–Crippen LogP) is -0.340. The van der Waals surface area contributed by atoms with Crippen LogP contribution in [0.5, 0.6) is 0 Å². The van der Waals surface area contributed by atoms with Crippen molar-refractivity contribution in [1.82, 2.24) is 0 Å². The average molecular weight is 167 g/mol. The maximum absolute atomic E-state index is 10.1. The second-order valence-electron chi connectivity index (χ2n) is 1.38. The zero-order valence-electron chi connectivity index (χ0n) is 4.85. The third kappa shape index (κ3) is 4.08. The van der Waals surface area contributed by atoms with Crippen LogP contribution < -0.4 is 5.50 Å². The van der Waals surface area contributed by atoms with Crippen LogP contribution in [0.15, 0.2) is 12.3 Å². The first-order chi connectivity index (χ1) is 4.33. The van der Waals surface area contributed by atoms with E-state index in [0.29, 0.717) is 0 Å². The van der Waals surface area contributed by atoms with Gasteiger partial charge in [-0.3, -0.25) is 0 Å². The van der Waals surface area contributed by atoms with Crippen LogP contribution in [0, 0.1) is 0 Å². The van der Waals surface area contributed by atoms with Gasteiger partial charge in [0.25, 0.3) is 0 Å². The average Bonchev–Trinajstić information content (AvgIpc) is 1.60. The molecule has 6 nitrogen and oxygen atoms in total. The highest BCUT2D eigenvalue weighted by Crippen LogP contribution is 2.33. The Morgan fingerprint density at radius 3 is 2.20 bits per heavy atom. The first kappa shape index (κ1) is 9.16. The van der Waals surface area contributed by atoms with Crippen LogP contribution in [-0.2, 0) is 13.9 Å². The summed E-state index contributed by atoms with van der Waals surface area (Å²) < 4.78 is 13.9. The largest absolute Gasteiger partial charge is 0.475 e. The molecule has 0 bridgehead atoms. The van der Waals surface area contributed by atoms with E-state index in [1.807, 2.05) is 0 Å². The van der Waals surface area contributed by atoms with Gasteiger partial charge in [0.2, 0.25) is 5.76 Å². The molecule has 0 saturated heterocycles. The van der Waals surface area contributed by atoms with Crippen molar-refractivity contribution in [1.29, 1.82) is 0 Å². The second-order valence-corrected chi connectivity index (χ2v) is 2.69. The number of hydrogen-bond acceptors (Lipinski definition) is 3. The Bertz CT molecular complexity index is 205. The number of carboxylic acids is 1. The lowest BCUT2D eigenvalue weighted by Crippen LogP contribution is -2.05. The van der Waals surface area contributed by atoms with Crippen LogP contribution in [-0.4, -0.2) is 16.0 Å². The standard InChI is InChI=1S/C3H6NO5P/c1-2(3(5)6)9-10(4,7)8/h1H2,(H,5,6)(H3,4,7,8). The molecule has 7 heteroatoms. The molecule has 1 unspecified atom stereocenters. The van der Waals surface area contributed by atoms with Gasteiger partial charge in [-0.2, -0.15) is 0 Å². The van der Waals surface area contributed by atoms with Crippen molar-refractivity contribution in [3.63, 3.8) is 0 Å². The van der Waals surface area contributed by atoms with Crippen molar-refractivity contribution < 1.29 is 23.9 Å². The fourth-order valence-corrected chi connectivity index (χ4v) is 0.591. The minimum Gasteiger partial charge on any atom is -0.475 e. The third-order valence-corrected chi connectivity index (χ3v) is 0.962. The first-order valence-corrected chi connectivity index (χ1v) is 3.71. The minimum absolute atomic E-state index is 0.853. The smallest absolute Gasteiger partial charge is 0.453 e. The topological polar surface area (TPSA) is 110 Å². The van der Waals surface area contributed by atoms with Crippen molar-refractivity contribution in [2.24, 2.45) is 5.50 Å². The molecular formula is C3H6NO5P. The molecule has 0 aliphatic rings. The molecule has 0 fully saturated rings. The zero-order chi connectivity index (χ0) is 8.36. The number of carbonyl (C=O) groups is 1. The van der Waals surface area contributed by atoms with E-state index in [1.54, 1.807) is 0 Å². The Balaban J connectivity index is 4.07. The highest BCUT2D eigenvalue weighted by Gasteiger charge is 2.17.